The van der Waals surface area contributed by atoms with E-state index >= 15 is 0 Å². The maximum Gasteiger partial charge on any atom is 0.263 e. The van der Waals surface area contributed by atoms with Gasteiger partial charge >= 0.3 is 0 Å². The molecule has 1 heterocycles. The standard InChI is InChI=1S/C14H17Cl2NO4S/c1-9(21-13-7-10(15)3-4-12(13)16)14(18)17(2)11-5-6-22(19,20)8-11/h3-4,7,9,11H,5-6,8H2,1-2H3/t9-,11-/m1/s1. The Hall–Kier alpha value is -0.980. The lowest BCUT2D eigenvalue weighted by Gasteiger charge is -2.27. The molecule has 1 aliphatic rings. The van der Waals surface area contributed by atoms with Gasteiger partial charge < -0.3 is 9.64 Å². The number of ether oxygens (including phenoxy) is 1. The van der Waals surface area contributed by atoms with Gasteiger partial charge in [0.25, 0.3) is 5.91 Å². The lowest BCUT2D eigenvalue weighted by atomic mass is 10.2. The minimum atomic E-state index is -3.04. The van der Waals surface area contributed by atoms with Crippen LogP contribution in [0.2, 0.25) is 10.0 Å². The second kappa shape index (κ2) is 6.64. The van der Waals surface area contributed by atoms with Gasteiger partial charge in [0, 0.05) is 24.2 Å². The Morgan fingerprint density at radius 2 is 2.09 bits per heavy atom. The van der Waals surface area contributed by atoms with Gasteiger partial charge in [-0.25, -0.2) is 8.42 Å². The van der Waals surface area contributed by atoms with Crippen molar-refractivity contribution in [3.8, 4) is 5.75 Å². The zero-order valence-corrected chi connectivity index (χ0v) is 14.6. The van der Waals surface area contributed by atoms with Gasteiger partial charge in [-0.2, -0.15) is 0 Å². The molecule has 122 valence electrons. The molecular formula is C14H17Cl2NO4S. The van der Waals surface area contributed by atoms with E-state index in [1.54, 1.807) is 26.1 Å². The Morgan fingerprint density at radius 3 is 2.68 bits per heavy atom. The molecule has 0 spiro atoms. The third-order valence-electron chi connectivity index (χ3n) is 3.65. The van der Waals surface area contributed by atoms with Crippen molar-refractivity contribution in [2.45, 2.75) is 25.5 Å². The minimum Gasteiger partial charge on any atom is -0.479 e. The van der Waals surface area contributed by atoms with E-state index in [4.69, 9.17) is 27.9 Å². The van der Waals surface area contributed by atoms with E-state index < -0.39 is 15.9 Å². The number of carbonyl (C=O) groups excluding carboxylic acids is 1. The van der Waals surface area contributed by atoms with Gasteiger partial charge in [-0.1, -0.05) is 23.2 Å². The summed E-state index contributed by atoms with van der Waals surface area (Å²) in [5.41, 5.74) is 0. The van der Waals surface area contributed by atoms with Crippen LogP contribution in [-0.4, -0.2) is 49.9 Å². The molecule has 2 rings (SSSR count). The maximum absolute atomic E-state index is 12.4. The van der Waals surface area contributed by atoms with E-state index in [-0.39, 0.29) is 23.5 Å². The fourth-order valence-electron chi connectivity index (χ4n) is 2.36. The van der Waals surface area contributed by atoms with Gasteiger partial charge in [0.15, 0.2) is 15.9 Å². The molecule has 1 amide bonds. The highest BCUT2D eigenvalue weighted by Crippen LogP contribution is 2.29. The second-order valence-electron chi connectivity index (χ2n) is 5.34. The van der Waals surface area contributed by atoms with Crippen molar-refractivity contribution in [3.63, 3.8) is 0 Å². The molecule has 0 unspecified atom stereocenters. The molecule has 1 aromatic carbocycles. The van der Waals surface area contributed by atoms with E-state index in [2.05, 4.69) is 0 Å². The minimum absolute atomic E-state index is 0.000118. The summed E-state index contributed by atoms with van der Waals surface area (Å²) in [6.07, 6.45) is -0.334. The Balaban J connectivity index is 2.04. The van der Waals surface area contributed by atoms with Crippen molar-refractivity contribution >= 4 is 38.9 Å². The molecule has 0 N–H and O–H groups in total. The molecule has 0 aliphatic carbocycles. The van der Waals surface area contributed by atoms with E-state index in [1.165, 1.54) is 11.0 Å². The first kappa shape index (κ1) is 17.4. The van der Waals surface area contributed by atoms with Crippen molar-refractivity contribution in [1.29, 1.82) is 0 Å². The number of amides is 1. The summed E-state index contributed by atoms with van der Waals surface area (Å²) in [4.78, 5) is 13.8. The van der Waals surface area contributed by atoms with Gasteiger partial charge in [-0.3, -0.25) is 4.79 Å². The monoisotopic (exact) mass is 365 g/mol. The predicted octanol–water partition coefficient (Wildman–Crippen LogP) is 2.41. The zero-order valence-electron chi connectivity index (χ0n) is 12.3. The number of likely N-dealkylation sites (N-methyl/N-ethyl adjacent to an activating group) is 1. The predicted molar refractivity (Wildman–Crippen MR) is 86.4 cm³/mol. The summed E-state index contributed by atoms with van der Waals surface area (Å²) in [6, 6.07) is 4.44. The first-order valence-corrected chi connectivity index (χ1v) is 9.36. The highest BCUT2D eigenvalue weighted by molar-refractivity contribution is 7.91. The summed E-state index contributed by atoms with van der Waals surface area (Å²) in [7, 11) is -1.45. The number of hydrogen-bond acceptors (Lipinski definition) is 4. The SMILES string of the molecule is C[C@@H](Oc1cc(Cl)ccc1Cl)C(=O)N(C)[C@@H]1CCS(=O)(=O)C1. The lowest BCUT2D eigenvalue weighted by molar-refractivity contribution is -0.138. The first-order valence-electron chi connectivity index (χ1n) is 6.78. The number of nitrogens with zero attached hydrogens (tertiary/aromatic N) is 1. The summed E-state index contributed by atoms with van der Waals surface area (Å²) in [5, 5.41) is 0.810. The molecule has 2 atom stereocenters. The largest absolute Gasteiger partial charge is 0.479 e. The fraction of sp³-hybridized carbons (Fsp3) is 0.500. The smallest absolute Gasteiger partial charge is 0.263 e. The molecule has 1 fully saturated rings. The Bertz CT molecular complexity index is 677. The van der Waals surface area contributed by atoms with Crippen LogP contribution in [0.4, 0.5) is 0 Å². The topological polar surface area (TPSA) is 63.7 Å². The van der Waals surface area contributed by atoms with Crippen LogP contribution < -0.4 is 4.74 Å². The summed E-state index contributed by atoms with van der Waals surface area (Å²) in [5.74, 6) is 0.144. The van der Waals surface area contributed by atoms with Crippen LogP contribution in [0, 0.1) is 0 Å². The van der Waals surface area contributed by atoms with E-state index in [1.807, 2.05) is 0 Å². The van der Waals surface area contributed by atoms with Crippen LogP contribution in [0.5, 0.6) is 5.75 Å². The van der Waals surface area contributed by atoms with Gasteiger partial charge in [-0.15, -0.1) is 0 Å². The van der Waals surface area contributed by atoms with Crippen molar-refractivity contribution in [2.24, 2.45) is 0 Å². The third kappa shape index (κ3) is 4.06. The zero-order chi connectivity index (χ0) is 16.5. The Kier molecular flexibility index (Phi) is 5.25. The van der Waals surface area contributed by atoms with Crippen LogP contribution in [0.25, 0.3) is 0 Å². The molecular weight excluding hydrogens is 349 g/mol. The molecule has 22 heavy (non-hydrogen) atoms. The molecule has 0 aromatic heterocycles. The molecule has 1 aliphatic heterocycles. The average Bonchev–Trinajstić information content (AvgIpc) is 2.81. The highest BCUT2D eigenvalue weighted by Gasteiger charge is 2.34. The maximum atomic E-state index is 12.4. The summed E-state index contributed by atoms with van der Waals surface area (Å²) in [6.45, 7) is 1.60. The molecule has 0 saturated carbocycles. The fourth-order valence-corrected chi connectivity index (χ4v) is 4.45. The quantitative estimate of drug-likeness (QED) is 0.821. The molecule has 0 radical (unpaired) electrons. The lowest BCUT2D eigenvalue weighted by Crippen LogP contribution is -2.44. The Morgan fingerprint density at radius 1 is 1.41 bits per heavy atom. The second-order valence-corrected chi connectivity index (χ2v) is 8.41. The number of rotatable bonds is 4. The average molecular weight is 366 g/mol. The highest BCUT2D eigenvalue weighted by atomic mass is 35.5. The Labute approximate surface area is 140 Å². The molecule has 1 aromatic rings. The number of sulfone groups is 1. The van der Waals surface area contributed by atoms with E-state index in [0.717, 1.165) is 0 Å². The third-order valence-corrected chi connectivity index (χ3v) is 5.95. The number of carbonyl (C=O) groups is 1. The first-order chi connectivity index (χ1) is 10.2. The van der Waals surface area contributed by atoms with Gasteiger partial charge in [-0.05, 0) is 25.5 Å². The molecule has 1 saturated heterocycles. The van der Waals surface area contributed by atoms with Gasteiger partial charge in [0.1, 0.15) is 5.75 Å². The van der Waals surface area contributed by atoms with Crippen LogP contribution in [0.15, 0.2) is 18.2 Å². The van der Waals surface area contributed by atoms with Crippen LogP contribution in [0.3, 0.4) is 0 Å². The summed E-state index contributed by atoms with van der Waals surface area (Å²) < 4.78 is 28.6. The van der Waals surface area contributed by atoms with Crippen molar-refractivity contribution in [3.05, 3.63) is 28.2 Å². The number of benzene rings is 1. The molecule has 8 heteroatoms. The van der Waals surface area contributed by atoms with Gasteiger partial charge in [0.2, 0.25) is 0 Å². The molecule has 0 bridgehead atoms. The van der Waals surface area contributed by atoms with Crippen LogP contribution in [-0.2, 0) is 14.6 Å². The van der Waals surface area contributed by atoms with Crippen LogP contribution >= 0.6 is 23.2 Å². The summed E-state index contributed by atoms with van der Waals surface area (Å²) >= 11 is 11.9. The van der Waals surface area contributed by atoms with Gasteiger partial charge in [0.05, 0.1) is 16.5 Å². The molecule has 5 nitrogen and oxygen atoms in total. The van der Waals surface area contributed by atoms with Crippen molar-refractivity contribution in [2.75, 3.05) is 18.6 Å². The van der Waals surface area contributed by atoms with E-state index in [9.17, 15) is 13.2 Å². The van der Waals surface area contributed by atoms with Crippen LogP contribution in [0.1, 0.15) is 13.3 Å². The number of halogens is 2. The number of hydrogen-bond donors (Lipinski definition) is 0. The van der Waals surface area contributed by atoms with Crippen molar-refractivity contribution < 1.29 is 17.9 Å². The van der Waals surface area contributed by atoms with E-state index in [0.29, 0.717) is 22.2 Å². The normalized spacial score (nSPS) is 21.4. The van der Waals surface area contributed by atoms with Crippen molar-refractivity contribution in [1.82, 2.24) is 4.90 Å².